The van der Waals surface area contributed by atoms with E-state index in [1.807, 2.05) is 18.2 Å². The molecular weight excluding hydrogens is 354 g/mol. The molecule has 1 aliphatic rings. The van der Waals surface area contributed by atoms with Crippen molar-refractivity contribution in [1.82, 2.24) is 4.98 Å². The maximum absolute atomic E-state index is 12.0. The van der Waals surface area contributed by atoms with Crippen molar-refractivity contribution in [2.75, 3.05) is 12.4 Å². The molecular formula is C18H19N3O2S2. The van der Waals surface area contributed by atoms with Gasteiger partial charge in [-0.3, -0.25) is 4.79 Å². The molecule has 0 unspecified atom stereocenters. The molecule has 3 aromatic rings. The van der Waals surface area contributed by atoms with E-state index in [4.69, 9.17) is 10.5 Å². The van der Waals surface area contributed by atoms with Gasteiger partial charge in [-0.25, -0.2) is 4.98 Å². The first kappa shape index (κ1) is 16.4. The van der Waals surface area contributed by atoms with Crippen LogP contribution in [-0.2, 0) is 12.8 Å². The second-order valence-electron chi connectivity index (χ2n) is 6.40. The number of primary amides is 1. The van der Waals surface area contributed by atoms with E-state index in [1.54, 1.807) is 29.8 Å². The normalized spacial score (nSPS) is 16.6. The summed E-state index contributed by atoms with van der Waals surface area (Å²) in [5, 5.41) is 4.92. The summed E-state index contributed by atoms with van der Waals surface area (Å²) in [5.74, 6) is 1.06. The number of carbonyl (C=O) groups is 1. The van der Waals surface area contributed by atoms with Crippen molar-refractivity contribution in [2.24, 2.45) is 11.7 Å². The van der Waals surface area contributed by atoms with E-state index in [0.717, 1.165) is 50.9 Å². The number of methoxy groups -OCH3 is 1. The third-order valence-electron chi connectivity index (χ3n) is 4.57. The molecule has 1 aliphatic carbocycles. The van der Waals surface area contributed by atoms with Gasteiger partial charge in [0.2, 0.25) is 0 Å². The third kappa shape index (κ3) is 2.98. The van der Waals surface area contributed by atoms with Crippen molar-refractivity contribution in [3.63, 3.8) is 0 Å². The van der Waals surface area contributed by atoms with Crippen molar-refractivity contribution >= 4 is 48.9 Å². The largest absolute Gasteiger partial charge is 0.497 e. The highest BCUT2D eigenvalue weighted by molar-refractivity contribution is 7.23. The first-order chi connectivity index (χ1) is 12.0. The van der Waals surface area contributed by atoms with Gasteiger partial charge < -0.3 is 15.8 Å². The molecule has 0 spiro atoms. The molecule has 0 fully saturated rings. The van der Waals surface area contributed by atoms with E-state index >= 15 is 0 Å². The number of rotatable bonds is 4. The van der Waals surface area contributed by atoms with Crippen molar-refractivity contribution in [1.29, 1.82) is 0 Å². The lowest BCUT2D eigenvalue weighted by molar-refractivity contribution is 0.1000. The van der Waals surface area contributed by atoms with Gasteiger partial charge in [-0.15, -0.1) is 11.3 Å². The monoisotopic (exact) mass is 373 g/mol. The number of benzene rings is 1. The number of ether oxygens (including phenoxy) is 1. The summed E-state index contributed by atoms with van der Waals surface area (Å²) in [4.78, 5) is 17.9. The molecule has 5 nitrogen and oxygen atoms in total. The smallest absolute Gasteiger partial charge is 0.251 e. The minimum Gasteiger partial charge on any atom is -0.497 e. The molecule has 3 N–H and O–H groups in total. The fourth-order valence-electron chi connectivity index (χ4n) is 3.28. The van der Waals surface area contributed by atoms with Crippen molar-refractivity contribution in [3.05, 3.63) is 34.2 Å². The SMILES string of the molecule is COc1ccc2sc(Nc3sc4c(c3C(N)=O)CC[C@H](C)C4)nc2c1. The van der Waals surface area contributed by atoms with E-state index in [2.05, 4.69) is 17.2 Å². The maximum Gasteiger partial charge on any atom is 0.251 e. The summed E-state index contributed by atoms with van der Waals surface area (Å²) < 4.78 is 6.32. The van der Waals surface area contributed by atoms with Gasteiger partial charge in [0.15, 0.2) is 5.13 Å². The molecule has 2 heterocycles. The van der Waals surface area contributed by atoms with Crippen LogP contribution in [0.5, 0.6) is 5.75 Å². The summed E-state index contributed by atoms with van der Waals surface area (Å²) >= 11 is 3.19. The van der Waals surface area contributed by atoms with Gasteiger partial charge in [0.05, 0.1) is 22.9 Å². The van der Waals surface area contributed by atoms with Crippen molar-refractivity contribution < 1.29 is 9.53 Å². The summed E-state index contributed by atoms with van der Waals surface area (Å²) in [6.45, 7) is 2.25. The van der Waals surface area contributed by atoms with Crippen LogP contribution in [0, 0.1) is 5.92 Å². The van der Waals surface area contributed by atoms with Gasteiger partial charge in [-0.05, 0) is 42.9 Å². The standard InChI is InChI=1S/C18H19N3O2S2/c1-9-3-5-11-14(7-9)24-17(15(11)16(19)22)21-18-20-12-8-10(23-2)4-6-13(12)25-18/h4,6,8-9H,3,5,7H2,1-2H3,(H2,19,22)(H,20,21)/t9-/m0/s1. The number of amides is 1. The fraction of sp³-hybridized carbons (Fsp3) is 0.333. The number of thiazole rings is 1. The van der Waals surface area contributed by atoms with Gasteiger partial charge in [0.25, 0.3) is 5.91 Å². The topological polar surface area (TPSA) is 77.2 Å². The van der Waals surface area contributed by atoms with Crippen molar-refractivity contribution in [3.8, 4) is 5.75 Å². The number of thiophene rings is 1. The second-order valence-corrected chi connectivity index (χ2v) is 8.53. The van der Waals surface area contributed by atoms with Crippen LogP contribution in [-0.4, -0.2) is 18.0 Å². The molecule has 2 aromatic heterocycles. The van der Waals surface area contributed by atoms with Crippen LogP contribution in [0.1, 0.15) is 34.1 Å². The number of nitrogens with one attached hydrogen (secondary N) is 1. The zero-order valence-corrected chi connectivity index (χ0v) is 15.7. The van der Waals surface area contributed by atoms with Crippen LogP contribution in [0.3, 0.4) is 0 Å². The Labute approximate surface area is 153 Å². The molecule has 25 heavy (non-hydrogen) atoms. The zero-order valence-electron chi connectivity index (χ0n) is 14.1. The molecule has 1 aromatic carbocycles. The number of anilines is 2. The highest BCUT2D eigenvalue weighted by Crippen LogP contribution is 2.41. The molecule has 0 bridgehead atoms. The van der Waals surface area contributed by atoms with Gasteiger partial charge in [0, 0.05) is 10.9 Å². The van der Waals surface area contributed by atoms with Gasteiger partial charge in [-0.1, -0.05) is 18.3 Å². The highest BCUT2D eigenvalue weighted by Gasteiger charge is 2.26. The second kappa shape index (κ2) is 6.31. The summed E-state index contributed by atoms with van der Waals surface area (Å²) in [7, 11) is 1.64. The van der Waals surface area contributed by atoms with E-state index in [1.165, 1.54) is 4.88 Å². The Bertz CT molecular complexity index is 961. The van der Waals surface area contributed by atoms with Gasteiger partial charge in [0.1, 0.15) is 10.8 Å². The average Bonchev–Trinajstić information content (AvgIpc) is 3.13. The van der Waals surface area contributed by atoms with E-state index in [-0.39, 0.29) is 5.91 Å². The first-order valence-electron chi connectivity index (χ1n) is 8.21. The predicted molar refractivity (Wildman–Crippen MR) is 103 cm³/mol. The van der Waals surface area contributed by atoms with E-state index < -0.39 is 0 Å². The Hall–Kier alpha value is -2.12. The minimum absolute atomic E-state index is 0.364. The summed E-state index contributed by atoms with van der Waals surface area (Å²) in [6, 6.07) is 5.82. The summed E-state index contributed by atoms with van der Waals surface area (Å²) in [5.41, 5.74) is 8.32. The van der Waals surface area contributed by atoms with Gasteiger partial charge in [-0.2, -0.15) is 0 Å². The zero-order chi connectivity index (χ0) is 17.6. The minimum atomic E-state index is -0.364. The molecule has 0 aliphatic heterocycles. The van der Waals surface area contributed by atoms with Crippen LogP contribution in [0.25, 0.3) is 10.2 Å². The molecule has 1 amide bonds. The maximum atomic E-state index is 12.0. The first-order valence-corrected chi connectivity index (χ1v) is 9.84. The number of nitrogens with zero attached hydrogens (tertiary/aromatic N) is 1. The quantitative estimate of drug-likeness (QED) is 0.713. The summed E-state index contributed by atoms with van der Waals surface area (Å²) in [6.07, 6.45) is 3.04. The Morgan fingerprint density at radius 3 is 3.00 bits per heavy atom. The molecule has 4 rings (SSSR count). The number of hydrogen-bond donors (Lipinski definition) is 2. The lowest BCUT2D eigenvalue weighted by Crippen LogP contribution is -2.17. The Kier molecular flexibility index (Phi) is 4.13. The van der Waals surface area contributed by atoms with Crippen molar-refractivity contribution in [2.45, 2.75) is 26.2 Å². The molecule has 1 atom stereocenters. The lowest BCUT2D eigenvalue weighted by atomic mass is 9.88. The van der Waals surface area contributed by atoms with Gasteiger partial charge >= 0.3 is 0 Å². The number of hydrogen-bond acceptors (Lipinski definition) is 6. The van der Waals surface area contributed by atoms with Crippen LogP contribution in [0.15, 0.2) is 18.2 Å². The number of fused-ring (bicyclic) bond motifs is 2. The number of aromatic nitrogens is 1. The van der Waals surface area contributed by atoms with E-state index in [0.29, 0.717) is 11.5 Å². The Balaban J connectivity index is 1.72. The molecule has 130 valence electrons. The fourth-order valence-corrected chi connectivity index (χ4v) is 5.61. The highest BCUT2D eigenvalue weighted by atomic mass is 32.1. The molecule has 0 saturated heterocycles. The Morgan fingerprint density at radius 2 is 2.24 bits per heavy atom. The average molecular weight is 374 g/mol. The van der Waals surface area contributed by atoms with Crippen LogP contribution in [0.4, 0.5) is 10.1 Å². The van der Waals surface area contributed by atoms with Crippen LogP contribution >= 0.6 is 22.7 Å². The number of nitrogens with two attached hydrogens (primary N) is 1. The van der Waals surface area contributed by atoms with Crippen LogP contribution < -0.4 is 15.8 Å². The number of carbonyl (C=O) groups excluding carboxylic acids is 1. The Morgan fingerprint density at radius 1 is 1.40 bits per heavy atom. The van der Waals surface area contributed by atoms with Crippen LogP contribution in [0.2, 0.25) is 0 Å². The third-order valence-corrected chi connectivity index (χ3v) is 6.69. The van der Waals surface area contributed by atoms with E-state index in [9.17, 15) is 4.79 Å². The predicted octanol–water partition coefficient (Wildman–Crippen LogP) is 4.33. The lowest BCUT2D eigenvalue weighted by Gasteiger charge is -2.18. The molecule has 0 saturated carbocycles. The molecule has 7 heteroatoms. The molecule has 0 radical (unpaired) electrons.